The lowest BCUT2D eigenvalue weighted by Gasteiger charge is -2.18. The number of alkyl halides is 3. The molecule has 2 aromatic heterocycles. The Hall–Kier alpha value is -3.41. The van der Waals surface area contributed by atoms with Crippen LogP contribution in [0.15, 0.2) is 30.5 Å². The van der Waals surface area contributed by atoms with Gasteiger partial charge in [-0.1, -0.05) is 37.6 Å². The van der Waals surface area contributed by atoms with Crippen LogP contribution < -0.4 is 10.5 Å². The van der Waals surface area contributed by atoms with E-state index in [-0.39, 0.29) is 11.8 Å². The first-order chi connectivity index (χ1) is 17.2. The zero-order chi connectivity index (χ0) is 25.7. The molecule has 1 unspecified atom stereocenters. The molecule has 36 heavy (non-hydrogen) atoms. The number of esters is 1. The van der Waals surface area contributed by atoms with Gasteiger partial charge in [-0.3, -0.25) is 4.90 Å². The summed E-state index contributed by atoms with van der Waals surface area (Å²) in [5.41, 5.74) is 8.77. The van der Waals surface area contributed by atoms with Crippen LogP contribution >= 0.6 is 0 Å². The van der Waals surface area contributed by atoms with Crippen LogP contribution in [0.1, 0.15) is 43.7 Å². The third-order valence-electron chi connectivity index (χ3n) is 5.98. The minimum atomic E-state index is -5.07. The van der Waals surface area contributed by atoms with Gasteiger partial charge >= 0.3 is 18.2 Å². The molecule has 0 aliphatic carbocycles. The van der Waals surface area contributed by atoms with E-state index in [0.29, 0.717) is 30.4 Å². The number of nitrogen functional groups attached to an aromatic ring is 1. The number of benzene rings is 1. The molecule has 0 spiro atoms. The Morgan fingerprint density at radius 1 is 1.11 bits per heavy atom. The predicted molar refractivity (Wildman–Crippen MR) is 126 cm³/mol. The van der Waals surface area contributed by atoms with Gasteiger partial charge in [-0.05, 0) is 43.5 Å². The van der Waals surface area contributed by atoms with Gasteiger partial charge in [0.15, 0.2) is 5.65 Å². The molecule has 3 heterocycles. The molecule has 12 heteroatoms. The van der Waals surface area contributed by atoms with Crippen molar-refractivity contribution in [2.75, 3.05) is 25.4 Å². The van der Waals surface area contributed by atoms with Gasteiger partial charge in [-0.25, -0.2) is 9.48 Å². The highest BCUT2D eigenvalue weighted by Crippen LogP contribution is 2.23. The largest absolute Gasteiger partial charge is 0.490 e. The smallest absolute Gasteiger partial charge is 0.456 e. The van der Waals surface area contributed by atoms with Gasteiger partial charge in [0.05, 0.1) is 18.1 Å². The summed E-state index contributed by atoms with van der Waals surface area (Å²) in [6.07, 6.45) is -0.969. The lowest BCUT2D eigenvalue weighted by Crippen LogP contribution is -2.31. The maximum atomic E-state index is 12.5. The highest BCUT2D eigenvalue weighted by molar-refractivity contribution is 5.85. The molecule has 9 nitrogen and oxygen atoms in total. The average molecular weight is 507 g/mol. The van der Waals surface area contributed by atoms with Crippen molar-refractivity contribution in [2.45, 2.75) is 58.0 Å². The SMILES string of the molecule is CCCC(COC(=O)C(F)(F)F)Oc1nc(N)c2cnn(Cc3ccc(CN4CCCC4)cc3)c2n1. The fourth-order valence-electron chi connectivity index (χ4n) is 4.14. The normalized spacial score (nSPS) is 15.3. The lowest BCUT2D eigenvalue weighted by molar-refractivity contribution is -0.201. The van der Waals surface area contributed by atoms with Crippen molar-refractivity contribution in [1.29, 1.82) is 0 Å². The van der Waals surface area contributed by atoms with Crippen molar-refractivity contribution >= 4 is 22.8 Å². The monoisotopic (exact) mass is 506 g/mol. The molecule has 1 saturated heterocycles. The minimum Gasteiger partial charge on any atom is -0.456 e. The number of hydrogen-bond acceptors (Lipinski definition) is 8. The Kier molecular flexibility index (Phi) is 7.92. The first-order valence-corrected chi connectivity index (χ1v) is 11.9. The van der Waals surface area contributed by atoms with Crippen LogP contribution in [0.4, 0.5) is 19.0 Å². The highest BCUT2D eigenvalue weighted by atomic mass is 19.4. The number of halogens is 3. The maximum Gasteiger partial charge on any atom is 0.490 e. The summed E-state index contributed by atoms with van der Waals surface area (Å²) in [6.45, 7) is 4.88. The van der Waals surface area contributed by atoms with Gasteiger partial charge in [-0.2, -0.15) is 28.2 Å². The molecule has 0 saturated carbocycles. The first-order valence-electron chi connectivity index (χ1n) is 11.9. The van der Waals surface area contributed by atoms with E-state index in [0.717, 1.165) is 25.2 Å². The fourth-order valence-corrected chi connectivity index (χ4v) is 4.14. The number of hydrogen-bond donors (Lipinski definition) is 1. The number of nitrogens with two attached hydrogens (primary N) is 1. The lowest BCUT2D eigenvalue weighted by atomic mass is 10.1. The number of carbonyl (C=O) groups is 1. The van der Waals surface area contributed by atoms with Crippen molar-refractivity contribution in [3.63, 3.8) is 0 Å². The van der Waals surface area contributed by atoms with E-state index in [2.05, 4.69) is 36.8 Å². The molecule has 3 aromatic rings. The van der Waals surface area contributed by atoms with E-state index in [4.69, 9.17) is 10.5 Å². The molecule has 1 aromatic carbocycles. The third-order valence-corrected chi connectivity index (χ3v) is 5.98. The summed E-state index contributed by atoms with van der Waals surface area (Å²) in [5, 5.41) is 4.91. The minimum absolute atomic E-state index is 0.121. The molecule has 194 valence electrons. The Morgan fingerprint density at radius 3 is 2.42 bits per heavy atom. The third kappa shape index (κ3) is 6.42. The van der Waals surface area contributed by atoms with E-state index in [1.807, 2.05) is 19.1 Å². The number of nitrogens with zero attached hydrogens (tertiary/aromatic N) is 5. The van der Waals surface area contributed by atoms with E-state index in [1.54, 1.807) is 10.9 Å². The standard InChI is InChI=1S/C24H29F3N6O3/c1-2-5-18(15-35-22(34)24(25,26)27)36-23-30-20(28)19-12-29-33(21(19)31-23)14-17-8-6-16(7-9-17)13-32-10-3-4-11-32/h6-9,12,18H,2-5,10-11,13-15H2,1H3,(H2,28,30,31). The summed E-state index contributed by atoms with van der Waals surface area (Å²) < 4.78 is 49.1. The molecule has 1 aliphatic rings. The van der Waals surface area contributed by atoms with E-state index in [9.17, 15) is 18.0 Å². The van der Waals surface area contributed by atoms with Gasteiger partial charge in [0.2, 0.25) is 0 Å². The van der Waals surface area contributed by atoms with E-state index in [1.165, 1.54) is 18.4 Å². The van der Waals surface area contributed by atoms with Crippen LogP contribution in [0.3, 0.4) is 0 Å². The van der Waals surface area contributed by atoms with Crippen LogP contribution in [0.25, 0.3) is 11.0 Å². The molecule has 0 bridgehead atoms. The van der Waals surface area contributed by atoms with Gasteiger partial charge in [0, 0.05) is 6.54 Å². The van der Waals surface area contributed by atoms with Crippen molar-refractivity contribution in [3.05, 3.63) is 41.6 Å². The maximum absolute atomic E-state index is 12.5. The van der Waals surface area contributed by atoms with E-state index < -0.39 is 24.9 Å². The second kappa shape index (κ2) is 11.1. The summed E-state index contributed by atoms with van der Waals surface area (Å²) >= 11 is 0. The quantitative estimate of drug-likeness (QED) is 0.415. The number of ether oxygens (including phenoxy) is 2. The van der Waals surface area contributed by atoms with Crippen LogP contribution in [-0.4, -0.2) is 62.6 Å². The van der Waals surface area contributed by atoms with Crippen LogP contribution in [0.5, 0.6) is 6.01 Å². The van der Waals surface area contributed by atoms with Crippen LogP contribution in [0.2, 0.25) is 0 Å². The Labute approximate surface area is 206 Å². The summed E-state index contributed by atoms with van der Waals surface area (Å²) in [5.74, 6) is -2.14. The second-order valence-electron chi connectivity index (χ2n) is 8.86. The predicted octanol–water partition coefficient (Wildman–Crippen LogP) is 3.71. The van der Waals surface area contributed by atoms with Crippen LogP contribution in [0, 0.1) is 0 Å². The number of aromatic nitrogens is 4. The highest BCUT2D eigenvalue weighted by Gasteiger charge is 2.41. The first kappa shape index (κ1) is 25.7. The van der Waals surface area contributed by atoms with E-state index >= 15 is 0 Å². The van der Waals surface area contributed by atoms with Gasteiger partial charge in [-0.15, -0.1) is 0 Å². The number of rotatable bonds is 10. The molecule has 1 aliphatic heterocycles. The molecule has 1 atom stereocenters. The molecular weight excluding hydrogens is 477 g/mol. The Balaban J connectivity index is 1.46. The van der Waals surface area contributed by atoms with Crippen LogP contribution in [-0.2, 0) is 22.6 Å². The molecule has 0 radical (unpaired) electrons. The van der Waals surface area contributed by atoms with Crippen molar-refractivity contribution in [2.24, 2.45) is 0 Å². The van der Waals surface area contributed by atoms with Crippen molar-refractivity contribution < 1.29 is 27.4 Å². The van der Waals surface area contributed by atoms with Gasteiger partial charge in [0.25, 0.3) is 0 Å². The molecule has 1 fully saturated rings. The number of likely N-dealkylation sites (tertiary alicyclic amines) is 1. The second-order valence-corrected chi connectivity index (χ2v) is 8.86. The Morgan fingerprint density at radius 2 is 1.78 bits per heavy atom. The zero-order valence-corrected chi connectivity index (χ0v) is 20.0. The summed E-state index contributed by atoms with van der Waals surface area (Å²) in [6, 6.07) is 8.19. The van der Waals surface area contributed by atoms with Crippen molar-refractivity contribution in [3.8, 4) is 6.01 Å². The summed E-state index contributed by atoms with van der Waals surface area (Å²) in [4.78, 5) is 22.0. The molecular formula is C24H29F3N6O3. The Bertz CT molecular complexity index is 1180. The van der Waals surface area contributed by atoms with Gasteiger partial charge in [0.1, 0.15) is 18.5 Å². The van der Waals surface area contributed by atoms with Gasteiger partial charge < -0.3 is 15.2 Å². The molecule has 2 N–H and O–H groups in total. The number of anilines is 1. The number of fused-ring (bicyclic) bond motifs is 1. The summed E-state index contributed by atoms with van der Waals surface area (Å²) in [7, 11) is 0. The molecule has 4 rings (SSSR count). The average Bonchev–Trinajstić information content (AvgIpc) is 3.48. The molecule has 0 amide bonds. The topological polar surface area (TPSA) is 108 Å². The van der Waals surface area contributed by atoms with Crippen molar-refractivity contribution in [1.82, 2.24) is 24.6 Å². The number of carbonyl (C=O) groups excluding carboxylic acids is 1. The fraction of sp³-hybridized carbons (Fsp3) is 0.500. The zero-order valence-electron chi connectivity index (χ0n) is 20.0.